The van der Waals surface area contributed by atoms with Crippen molar-refractivity contribution in [3.63, 3.8) is 0 Å². The molecule has 2 heterocycles. The van der Waals surface area contributed by atoms with Gasteiger partial charge in [-0.3, -0.25) is 0 Å². The molecule has 0 aliphatic heterocycles. The van der Waals surface area contributed by atoms with E-state index in [0.717, 1.165) is 16.9 Å². The zero-order chi connectivity index (χ0) is 11.0. The van der Waals surface area contributed by atoms with Crippen molar-refractivity contribution < 1.29 is 0 Å². The third-order valence-corrected chi connectivity index (χ3v) is 3.35. The van der Waals surface area contributed by atoms with E-state index in [9.17, 15) is 0 Å². The smallest absolute Gasteiger partial charge is 0.150 e. The number of imidazole rings is 1. The van der Waals surface area contributed by atoms with Gasteiger partial charge < -0.3 is 4.40 Å². The molecule has 0 amide bonds. The van der Waals surface area contributed by atoms with Crippen molar-refractivity contribution in [3.8, 4) is 11.3 Å². The van der Waals surface area contributed by atoms with E-state index in [4.69, 9.17) is 0 Å². The molecule has 0 saturated carbocycles. The van der Waals surface area contributed by atoms with Crippen LogP contribution in [0.15, 0.2) is 54.9 Å². The maximum atomic E-state index is 4.64. The third kappa shape index (κ3) is 1.61. The van der Waals surface area contributed by atoms with Crippen molar-refractivity contribution in [2.24, 2.45) is 0 Å². The molecule has 3 heteroatoms. The summed E-state index contributed by atoms with van der Waals surface area (Å²) in [5, 5.41) is 0. The van der Waals surface area contributed by atoms with E-state index in [1.54, 1.807) is 0 Å². The van der Waals surface area contributed by atoms with Crippen molar-refractivity contribution in [1.82, 2.24) is 9.38 Å². The van der Waals surface area contributed by atoms with Gasteiger partial charge in [0, 0.05) is 18.0 Å². The van der Waals surface area contributed by atoms with Crippen LogP contribution in [0.4, 0.5) is 0 Å². The minimum Gasteiger partial charge on any atom is -0.306 e. The Morgan fingerprint density at radius 3 is 2.56 bits per heavy atom. The first kappa shape index (κ1) is 9.84. The topological polar surface area (TPSA) is 17.3 Å². The molecule has 0 radical (unpaired) electrons. The second-order valence-electron chi connectivity index (χ2n) is 3.58. The Balaban J connectivity index is 2.23. The van der Waals surface area contributed by atoms with Crippen LogP contribution in [-0.4, -0.2) is 9.38 Å². The Kier molecular flexibility index (Phi) is 2.40. The van der Waals surface area contributed by atoms with Crippen LogP contribution in [0.25, 0.3) is 16.9 Å². The minimum absolute atomic E-state index is 1.02. The van der Waals surface area contributed by atoms with Crippen molar-refractivity contribution in [3.05, 3.63) is 58.4 Å². The lowest BCUT2D eigenvalue weighted by Crippen LogP contribution is -1.83. The van der Waals surface area contributed by atoms with Crippen LogP contribution >= 0.6 is 22.6 Å². The highest BCUT2D eigenvalue weighted by Crippen LogP contribution is 2.20. The maximum absolute atomic E-state index is 4.64. The fourth-order valence-corrected chi connectivity index (χ4v) is 2.33. The van der Waals surface area contributed by atoms with Crippen LogP contribution in [0.1, 0.15) is 0 Å². The minimum atomic E-state index is 1.02. The molecule has 0 atom stereocenters. The maximum Gasteiger partial charge on any atom is 0.150 e. The third-order valence-electron chi connectivity index (χ3n) is 2.50. The van der Waals surface area contributed by atoms with Crippen LogP contribution < -0.4 is 0 Å². The van der Waals surface area contributed by atoms with Crippen molar-refractivity contribution in [2.45, 2.75) is 0 Å². The van der Waals surface area contributed by atoms with E-state index in [2.05, 4.69) is 56.4 Å². The van der Waals surface area contributed by atoms with E-state index in [1.165, 1.54) is 3.57 Å². The van der Waals surface area contributed by atoms with Crippen molar-refractivity contribution >= 4 is 28.2 Å². The molecule has 0 spiro atoms. The Hall–Kier alpha value is -1.36. The highest BCUT2D eigenvalue weighted by atomic mass is 127. The summed E-state index contributed by atoms with van der Waals surface area (Å²) in [6, 6.07) is 14.3. The molecule has 0 N–H and O–H groups in total. The molecular weight excluding hydrogens is 311 g/mol. The Morgan fingerprint density at radius 1 is 1.00 bits per heavy atom. The molecule has 0 aliphatic carbocycles. The van der Waals surface area contributed by atoms with Gasteiger partial charge in [0.2, 0.25) is 0 Å². The van der Waals surface area contributed by atoms with E-state index >= 15 is 0 Å². The molecule has 0 unspecified atom stereocenters. The van der Waals surface area contributed by atoms with E-state index in [1.807, 2.05) is 30.5 Å². The number of fused-ring (bicyclic) bond motifs is 1. The van der Waals surface area contributed by atoms with Gasteiger partial charge in [-0.1, -0.05) is 30.3 Å². The molecule has 0 fully saturated rings. The highest BCUT2D eigenvalue weighted by Gasteiger charge is 2.05. The molecule has 0 aliphatic rings. The number of halogens is 1. The Bertz CT molecular complexity index is 629. The Labute approximate surface area is 107 Å². The van der Waals surface area contributed by atoms with Gasteiger partial charge in [-0.25, -0.2) is 4.98 Å². The number of nitrogens with zero attached hydrogens (tertiary/aromatic N) is 2. The average Bonchev–Trinajstić information content (AvgIpc) is 2.76. The fourth-order valence-electron chi connectivity index (χ4n) is 1.73. The molecule has 2 aromatic heterocycles. The first-order chi connectivity index (χ1) is 7.84. The molecule has 3 aromatic rings. The number of hydrogen-bond donors (Lipinski definition) is 0. The summed E-state index contributed by atoms with van der Waals surface area (Å²) in [4.78, 5) is 4.64. The van der Waals surface area contributed by atoms with Gasteiger partial charge in [0.05, 0.1) is 9.26 Å². The first-order valence-corrected chi connectivity index (χ1v) is 6.11. The van der Waals surface area contributed by atoms with Gasteiger partial charge in [0.15, 0.2) is 5.65 Å². The SMILES string of the molecule is Ic1cccn2cc(-c3ccccc3)nc12. The molecule has 16 heavy (non-hydrogen) atoms. The molecule has 0 bridgehead atoms. The predicted molar refractivity (Wildman–Crippen MR) is 73.3 cm³/mol. The fraction of sp³-hybridized carbons (Fsp3) is 0. The van der Waals surface area contributed by atoms with Crippen molar-refractivity contribution in [2.75, 3.05) is 0 Å². The molecule has 78 valence electrons. The molecule has 3 rings (SSSR count). The monoisotopic (exact) mass is 320 g/mol. The van der Waals surface area contributed by atoms with Gasteiger partial charge in [0.1, 0.15) is 0 Å². The number of rotatable bonds is 1. The lowest BCUT2D eigenvalue weighted by atomic mass is 10.2. The zero-order valence-corrected chi connectivity index (χ0v) is 10.6. The van der Waals surface area contributed by atoms with Gasteiger partial charge in [0.25, 0.3) is 0 Å². The van der Waals surface area contributed by atoms with Crippen LogP contribution in [0.2, 0.25) is 0 Å². The van der Waals surface area contributed by atoms with Gasteiger partial charge in [-0.05, 0) is 34.7 Å². The van der Waals surface area contributed by atoms with Crippen LogP contribution in [-0.2, 0) is 0 Å². The number of benzene rings is 1. The zero-order valence-electron chi connectivity index (χ0n) is 8.47. The highest BCUT2D eigenvalue weighted by molar-refractivity contribution is 14.1. The lowest BCUT2D eigenvalue weighted by Gasteiger charge is -1.92. The number of aromatic nitrogens is 2. The molecule has 2 nitrogen and oxygen atoms in total. The first-order valence-electron chi connectivity index (χ1n) is 5.03. The number of pyridine rings is 1. The second-order valence-corrected chi connectivity index (χ2v) is 4.74. The average molecular weight is 320 g/mol. The predicted octanol–water partition coefficient (Wildman–Crippen LogP) is 3.61. The Morgan fingerprint density at radius 2 is 1.81 bits per heavy atom. The standard InChI is InChI=1S/C13H9IN2/c14-11-7-4-8-16-9-12(15-13(11)16)10-5-2-1-3-6-10/h1-9H. The van der Waals surface area contributed by atoms with Gasteiger partial charge in [-0.15, -0.1) is 0 Å². The van der Waals surface area contributed by atoms with Gasteiger partial charge >= 0.3 is 0 Å². The summed E-state index contributed by atoms with van der Waals surface area (Å²) in [6.07, 6.45) is 4.09. The van der Waals surface area contributed by atoms with Crippen molar-refractivity contribution in [1.29, 1.82) is 0 Å². The summed E-state index contributed by atoms with van der Waals surface area (Å²) < 4.78 is 3.23. The van der Waals surface area contributed by atoms with Crippen LogP contribution in [0.3, 0.4) is 0 Å². The summed E-state index contributed by atoms with van der Waals surface area (Å²) in [5.41, 5.74) is 3.19. The van der Waals surface area contributed by atoms with E-state index in [0.29, 0.717) is 0 Å². The molecular formula is C13H9IN2. The summed E-state index contributed by atoms with van der Waals surface area (Å²) in [7, 11) is 0. The summed E-state index contributed by atoms with van der Waals surface area (Å²) in [5.74, 6) is 0. The largest absolute Gasteiger partial charge is 0.306 e. The van der Waals surface area contributed by atoms with Crippen LogP contribution in [0, 0.1) is 3.57 Å². The second kappa shape index (κ2) is 3.90. The normalized spacial score (nSPS) is 10.8. The van der Waals surface area contributed by atoms with E-state index in [-0.39, 0.29) is 0 Å². The number of hydrogen-bond acceptors (Lipinski definition) is 1. The molecule has 1 aromatic carbocycles. The van der Waals surface area contributed by atoms with E-state index < -0.39 is 0 Å². The summed E-state index contributed by atoms with van der Waals surface area (Å²) >= 11 is 2.31. The van der Waals surface area contributed by atoms with Crippen LogP contribution in [0.5, 0.6) is 0 Å². The molecule has 0 saturated heterocycles. The van der Waals surface area contributed by atoms with Gasteiger partial charge in [-0.2, -0.15) is 0 Å². The lowest BCUT2D eigenvalue weighted by molar-refractivity contribution is 1.18. The quantitative estimate of drug-likeness (QED) is 0.626. The summed E-state index contributed by atoms with van der Waals surface area (Å²) in [6.45, 7) is 0.